The van der Waals surface area contributed by atoms with E-state index in [1.807, 2.05) is 0 Å². The van der Waals surface area contributed by atoms with E-state index in [9.17, 15) is 0 Å². The molecule has 0 aliphatic carbocycles. The normalized spacial score (nSPS) is 12.1. The van der Waals surface area contributed by atoms with Crippen molar-refractivity contribution in [3.63, 3.8) is 0 Å². The molecule has 3 aromatic carbocycles. The van der Waals surface area contributed by atoms with Crippen LogP contribution >= 0.6 is 0 Å². The Hall–Kier alpha value is -3.38. The van der Waals surface area contributed by atoms with E-state index in [0.29, 0.717) is 0 Å². The highest BCUT2D eigenvalue weighted by molar-refractivity contribution is 5.68. The second-order valence-corrected chi connectivity index (χ2v) is 6.89. The fraction of sp³-hybridized carbons (Fsp3) is 0.0714. The van der Waals surface area contributed by atoms with E-state index >= 15 is 0 Å². The van der Waals surface area contributed by atoms with Crippen molar-refractivity contribution in [3.05, 3.63) is 130 Å². The second-order valence-electron chi connectivity index (χ2n) is 6.89. The highest BCUT2D eigenvalue weighted by Gasteiger charge is 1.93. The van der Waals surface area contributed by atoms with Crippen LogP contribution in [0.5, 0.6) is 0 Å². The standard InChI is InChI=1S/C28H26/c1-23-15-19-25(20-16-23)9-3-5-11-27-13-7-8-14-28(27)12-6-4-10-26-21-17-24(2)18-22-26/h3-22H,1-2H3/b9-3+,10-4+,11-5+,12-6+. The molecule has 0 nitrogen and oxygen atoms in total. The van der Waals surface area contributed by atoms with Gasteiger partial charge in [0.05, 0.1) is 0 Å². The molecule has 0 unspecified atom stereocenters. The minimum atomic E-state index is 1.20. The minimum Gasteiger partial charge on any atom is -0.0617 e. The van der Waals surface area contributed by atoms with Crippen LogP contribution in [0.25, 0.3) is 24.3 Å². The molecule has 3 aromatic rings. The van der Waals surface area contributed by atoms with Crippen molar-refractivity contribution in [2.45, 2.75) is 13.8 Å². The molecule has 0 radical (unpaired) electrons. The van der Waals surface area contributed by atoms with Gasteiger partial charge in [-0.25, -0.2) is 0 Å². The Kier molecular flexibility index (Phi) is 6.98. The Morgan fingerprint density at radius 1 is 0.429 bits per heavy atom. The van der Waals surface area contributed by atoms with Crippen LogP contribution in [0.3, 0.4) is 0 Å². The highest BCUT2D eigenvalue weighted by Crippen LogP contribution is 2.14. The lowest BCUT2D eigenvalue weighted by molar-refractivity contribution is 1.46. The van der Waals surface area contributed by atoms with Gasteiger partial charge in [-0.2, -0.15) is 0 Å². The summed E-state index contributed by atoms with van der Waals surface area (Å²) in [4.78, 5) is 0. The molecule has 0 aromatic heterocycles. The first-order chi connectivity index (χ1) is 13.7. The average molecular weight is 363 g/mol. The maximum Gasteiger partial charge on any atom is -0.0184 e. The predicted molar refractivity (Wildman–Crippen MR) is 125 cm³/mol. The van der Waals surface area contributed by atoms with E-state index in [4.69, 9.17) is 0 Å². The summed E-state index contributed by atoms with van der Waals surface area (Å²) >= 11 is 0. The van der Waals surface area contributed by atoms with Gasteiger partial charge < -0.3 is 0 Å². The zero-order chi connectivity index (χ0) is 19.6. The third-order valence-corrected chi connectivity index (χ3v) is 4.50. The number of rotatable bonds is 6. The fourth-order valence-electron chi connectivity index (χ4n) is 2.82. The summed E-state index contributed by atoms with van der Waals surface area (Å²) in [5, 5.41) is 0. The molecule has 0 spiro atoms. The van der Waals surface area contributed by atoms with Crippen LogP contribution in [-0.4, -0.2) is 0 Å². The largest absolute Gasteiger partial charge is 0.0617 e. The molecule has 0 saturated carbocycles. The molecule has 0 heteroatoms. The SMILES string of the molecule is Cc1ccc(/C=C/C=C/c2ccccc2/C=C/C=C/c2ccc(C)cc2)cc1. The average Bonchev–Trinajstić information content (AvgIpc) is 2.72. The second kappa shape index (κ2) is 10.1. The van der Waals surface area contributed by atoms with Crippen LogP contribution in [0.1, 0.15) is 33.4 Å². The van der Waals surface area contributed by atoms with Gasteiger partial charge in [0, 0.05) is 0 Å². The lowest BCUT2D eigenvalue weighted by atomic mass is 10.1. The zero-order valence-electron chi connectivity index (χ0n) is 16.5. The summed E-state index contributed by atoms with van der Waals surface area (Å²) in [6.07, 6.45) is 16.9. The van der Waals surface area contributed by atoms with Crippen LogP contribution in [0, 0.1) is 13.8 Å². The van der Waals surface area contributed by atoms with E-state index in [-0.39, 0.29) is 0 Å². The monoisotopic (exact) mass is 362 g/mol. The van der Waals surface area contributed by atoms with Gasteiger partial charge in [0.2, 0.25) is 0 Å². The minimum absolute atomic E-state index is 1.20. The van der Waals surface area contributed by atoms with Crippen LogP contribution in [0.4, 0.5) is 0 Å². The maximum absolute atomic E-state index is 2.15. The molecule has 0 atom stereocenters. The van der Waals surface area contributed by atoms with E-state index in [2.05, 4.69) is 135 Å². The van der Waals surface area contributed by atoms with Crippen molar-refractivity contribution in [3.8, 4) is 0 Å². The predicted octanol–water partition coefficient (Wildman–Crippen LogP) is 7.76. The van der Waals surface area contributed by atoms with Gasteiger partial charge in [0.25, 0.3) is 0 Å². The summed E-state index contributed by atoms with van der Waals surface area (Å²) in [6.45, 7) is 4.21. The van der Waals surface area contributed by atoms with E-state index in [0.717, 1.165) is 0 Å². The van der Waals surface area contributed by atoms with Gasteiger partial charge >= 0.3 is 0 Å². The van der Waals surface area contributed by atoms with Gasteiger partial charge in [-0.1, -0.05) is 133 Å². The van der Waals surface area contributed by atoms with Gasteiger partial charge in [0.1, 0.15) is 0 Å². The molecule has 0 N–H and O–H groups in total. The topological polar surface area (TPSA) is 0 Å². The Morgan fingerprint density at radius 3 is 1.18 bits per heavy atom. The Balaban J connectivity index is 1.65. The van der Waals surface area contributed by atoms with Crippen molar-refractivity contribution < 1.29 is 0 Å². The van der Waals surface area contributed by atoms with Crippen molar-refractivity contribution in [2.24, 2.45) is 0 Å². The number of allylic oxidation sites excluding steroid dienone is 4. The highest BCUT2D eigenvalue weighted by atomic mass is 14.0. The molecular weight excluding hydrogens is 336 g/mol. The Labute approximate surface area is 168 Å². The Bertz CT molecular complexity index is 910. The number of benzene rings is 3. The summed E-state index contributed by atoms with van der Waals surface area (Å²) in [7, 11) is 0. The number of aryl methyl sites for hydroxylation is 2. The first kappa shape index (κ1) is 19.4. The third kappa shape index (κ3) is 6.10. The van der Waals surface area contributed by atoms with Crippen molar-refractivity contribution >= 4 is 24.3 Å². The van der Waals surface area contributed by atoms with Crippen molar-refractivity contribution in [2.75, 3.05) is 0 Å². The molecule has 0 aliphatic rings. The van der Waals surface area contributed by atoms with Crippen LogP contribution in [-0.2, 0) is 0 Å². The molecule has 138 valence electrons. The molecule has 0 amide bonds. The lowest BCUT2D eigenvalue weighted by Crippen LogP contribution is -1.78. The zero-order valence-corrected chi connectivity index (χ0v) is 16.5. The fourth-order valence-corrected chi connectivity index (χ4v) is 2.82. The smallest absolute Gasteiger partial charge is 0.0184 e. The molecule has 28 heavy (non-hydrogen) atoms. The van der Waals surface area contributed by atoms with E-state index in [1.165, 1.54) is 33.4 Å². The first-order valence-corrected chi connectivity index (χ1v) is 9.62. The van der Waals surface area contributed by atoms with Crippen molar-refractivity contribution in [1.29, 1.82) is 0 Å². The molecule has 0 saturated heterocycles. The lowest BCUT2D eigenvalue weighted by Gasteiger charge is -1.99. The van der Waals surface area contributed by atoms with Crippen molar-refractivity contribution in [1.82, 2.24) is 0 Å². The molecular formula is C28H26. The summed E-state index contributed by atoms with van der Waals surface area (Å²) in [5.41, 5.74) is 7.40. The first-order valence-electron chi connectivity index (χ1n) is 9.62. The molecule has 0 heterocycles. The maximum atomic E-state index is 2.15. The van der Waals surface area contributed by atoms with E-state index in [1.54, 1.807) is 0 Å². The number of hydrogen-bond acceptors (Lipinski definition) is 0. The summed E-state index contributed by atoms with van der Waals surface area (Å²) in [6, 6.07) is 25.5. The quantitative estimate of drug-likeness (QED) is 0.393. The third-order valence-electron chi connectivity index (χ3n) is 4.50. The van der Waals surface area contributed by atoms with Crippen LogP contribution in [0.2, 0.25) is 0 Å². The van der Waals surface area contributed by atoms with Gasteiger partial charge in [-0.3, -0.25) is 0 Å². The van der Waals surface area contributed by atoms with Crippen LogP contribution in [0.15, 0.2) is 97.1 Å². The van der Waals surface area contributed by atoms with E-state index < -0.39 is 0 Å². The van der Waals surface area contributed by atoms with Gasteiger partial charge in [0.15, 0.2) is 0 Å². The number of hydrogen-bond donors (Lipinski definition) is 0. The summed E-state index contributed by atoms with van der Waals surface area (Å²) in [5.74, 6) is 0. The Morgan fingerprint density at radius 2 is 0.786 bits per heavy atom. The molecule has 3 rings (SSSR count). The molecule has 0 fully saturated rings. The summed E-state index contributed by atoms with van der Waals surface area (Å²) < 4.78 is 0. The van der Waals surface area contributed by atoms with Crippen LogP contribution < -0.4 is 0 Å². The molecule has 0 aliphatic heterocycles. The van der Waals surface area contributed by atoms with Gasteiger partial charge in [-0.05, 0) is 36.1 Å². The van der Waals surface area contributed by atoms with Gasteiger partial charge in [-0.15, -0.1) is 0 Å². The molecule has 0 bridgehead atoms.